The molecular formula is C15H13IN2O3. The summed E-state index contributed by atoms with van der Waals surface area (Å²) in [6.07, 6.45) is 0. The molecule has 2 rings (SSSR count). The number of carbonyl (C=O) groups is 1. The number of amides is 1. The van der Waals surface area contributed by atoms with Crippen molar-refractivity contribution in [1.82, 2.24) is 0 Å². The zero-order valence-corrected chi connectivity index (χ0v) is 13.7. The quantitative estimate of drug-likeness (QED) is 0.483. The van der Waals surface area contributed by atoms with Crippen molar-refractivity contribution in [3.8, 4) is 0 Å². The van der Waals surface area contributed by atoms with Gasteiger partial charge in [-0.1, -0.05) is 6.07 Å². The van der Waals surface area contributed by atoms with Gasteiger partial charge in [0.25, 0.3) is 11.6 Å². The number of carbonyl (C=O) groups excluding carboxylic acids is 1. The van der Waals surface area contributed by atoms with E-state index in [2.05, 4.69) is 27.9 Å². The molecule has 0 aliphatic heterocycles. The Bertz CT molecular complexity index is 729. The van der Waals surface area contributed by atoms with Crippen LogP contribution in [-0.2, 0) is 0 Å². The molecule has 2 aromatic rings. The van der Waals surface area contributed by atoms with Crippen LogP contribution in [0.5, 0.6) is 0 Å². The lowest BCUT2D eigenvalue weighted by atomic mass is 10.1. The number of non-ortho nitro benzene ring substituents is 1. The fraction of sp³-hybridized carbons (Fsp3) is 0.133. The molecule has 6 heteroatoms. The normalized spacial score (nSPS) is 10.2. The van der Waals surface area contributed by atoms with Crippen LogP contribution in [0.4, 0.5) is 11.4 Å². The highest BCUT2D eigenvalue weighted by Crippen LogP contribution is 2.23. The fourth-order valence-electron chi connectivity index (χ4n) is 1.87. The third-order valence-electron chi connectivity index (χ3n) is 3.07. The third-order valence-corrected chi connectivity index (χ3v) is 4.24. The van der Waals surface area contributed by atoms with Crippen molar-refractivity contribution in [2.75, 3.05) is 5.32 Å². The van der Waals surface area contributed by atoms with E-state index in [9.17, 15) is 14.9 Å². The van der Waals surface area contributed by atoms with E-state index in [1.165, 1.54) is 18.2 Å². The first-order valence-electron chi connectivity index (χ1n) is 6.21. The predicted octanol–water partition coefficient (Wildman–Crippen LogP) is 4.07. The first kappa shape index (κ1) is 15.4. The minimum Gasteiger partial charge on any atom is -0.322 e. The molecule has 0 fully saturated rings. The Hall–Kier alpha value is -1.96. The maximum Gasteiger partial charge on any atom is 0.270 e. The topological polar surface area (TPSA) is 72.2 Å². The van der Waals surface area contributed by atoms with Gasteiger partial charge in [-0.25, -0.2) is 0 Å². The number of nitrogens with one attached hydrogen (secondary N) is 1. The number of aryl methyl sites for hydroxylation is 2. The number of halogens is 1. The SMILES string of the molecule is Cc1cc(NC(=O)c2cccc([N+](=O)[O-])c2)c(C)cc1I. The Morgan fingerprint density at radius 2 is 1.90 bits per heavy atom. The number of nitro benzene ring substituents is 1. The molecule has 0 bridgehead atoms. The van der Waals surface area contributed by atoms with Gasteiger partial charge < -0.3 is 5.32 Å². The Morgan fingerprint density at radius 1 is 1.19 bits per heavy atom. The van der Waals surface area contributed by atoms with Gasteiger partial charge in [-0.3, -0.25) is 14.9 Å². The van der Waals surface area contributed by atoms with Crippen LogP contribution in [-0.4, -0.2) is 10.8 Å². The summed E-state index contributed by atoms with van der Waals surface area (Å²) in [5.41, 5.74) is 2.89. The fourth-order valence-corrected chi connectivity index (χ4v) is 2.49. The summed E-state index contributed by atoms with van der Waals surface area (Å²) in [5, 5.41) is 13.5. The second-order valence-electron chi connectivity index (χ2n) is 4.68. The Kier molecular flexibility index (Phi) is 4.56. The number of hydrogen-bond donors (Lipinski definition) is 1. The Balaban J connectivity index is 2.28. The molecule has 1 amide bonds. The zero-order valence-electron chi connectivity index (χ0n) is 11.5. The van der Waals surface area contributed by atoms with E-state index in [1.807, 2.05) is 26.0 Å². The van der Waals surface area contributed by atoms with Crippen molar-refractivity contribution < 1.29 is 9.72 Å². The van der Waals surface area contributed by atoms with Gasteiger partial charge in [0.1, 0.15) is 0 Å². The lowest BCUT2D eigenvalue weighted by Crippen LogP contribution is -2.13. The summed E-state index contributed by atoms with van der Waals surface area (Å²) in [6.45, 7) is 3.87. The van der Waals surface area contributed by atoms with E-state index in [4.69, 9.17) is 0 Å². The molecule has 5 nitrogen and oxygen atoms in total. The van der Waals surface area contributed by atoms with E-state index in [0.717, 1.165) is 14.7 Å². The molecule has 1 N–H and O–H groups in total. The average Bonchev–Trinajstić information content (AvgIpc) is 2.44. The van der Waals surface area contributed by atoms with Gasteiger partial charge in [0.2, 0.25) is 0 Å². The zero-order chi connectivity index (χ0) is 15.6. The first-order chi connectivity index (χ1) is 9.88. The maximum absolute atomic E-state index is 12.2. The largest absolute Gasteiger partial charge is 0.322 e. The molecular weight excluding hydrogens is 383 g/mol. The van der Waals surface area contributed by atoms with Crippen molar-refractivity contribution in [3.05, 3.63) is 66.8 Å². The number of nitrogens with zero attached hydrogens (tertiary/aromatic N) is 1. The summed E-state index contributed by atoms with van der Waals surface area (Å²) < 4.78 is 1.12. The second kappa shape index (κ2) is 6.21. The van der Waals surface area contributed by atoms with Crippen molar-refractivity contribution in [2.45, 2.75) is 13.8 Å². The van der Waals surface area contributed by atoms with Crippen LogP contribution in [0.1, 0.15) is 21.5 Å². The number of benzene rings is 2. The number of anilines is 1. The first-order valence-corrected chi connectivity index (χ1v) is 7.29. The van der Waals surface area contributed by atoms with Crippen molar-refractivity contribution in [2.24, 2.45) is 0 Å². The molecule has 2 aromatic carbocycles. The molecule has 0 radical (unpaired) electrons. The van der Waals surface area contributed by atoms with Crippen LogP contribution >= 0.6 is 22.6 Å². The van der Waals surface area contributed by atoms with Crippen LogP contribution in [0, 0.1) is 27.5 Å². The van der Waals surface area contributed by atoms with Crippen LogP contribution in [0.2, 0.25) is 0 Å². The molecule has 0 aliphatic rings. The molecule has 21 heavy (non-hydrogen) atoms. The Morgan fingerprint density at radius 3 is 2.57 bits per heavy atom. The van der Waals surface area contributed by atoms with Gasteiger partial charge in [0.15, 0.2) is 0 Å². The van der Waals surface area contributed by atoms with E-state index in [0.29, 0.717) is 5.69 Å². The summed E-state index contributed by atoms with van der Waals surface area (Å²) in [4.78, 5) is 22.4. The Labute approximate surface area is 135 Å². The van der Waals surface area contributed by atoms with Crippen molar-refractivity contribution >= 4 is 39.9 Å². The predicted molar refractivity (Wildman–Crippen MR) is 89.7 cm³/mol. The van der Waals surface area contributed by atoms with Crippen molar-refractivity contribution in [3.63, 3.8) is 0 Å². The highest BCUT2D eigenvalue weighted by molar-refractivity contribution is 14.1. The number of rotatable bonds is 3. The van der Waals surface area contributed by atoms with E-state index in [1.54, 1.807) is 6.07 Å². The molecule has 0 atom stereocenters. The standard InChI is InChI=1S/C15H13IN2O3/c1-9-7-14(10(2)6-13(9)16)17-15(19)11-4-3-5-12(8-11)18(20)21/h3-8H,1-2H3,(H,17,19). The third kappa shape index (κ3) is 3.57. The molecule has 0 aliphatic carbocycles. The van der Waals surface area contributed by atoms with Gasteiger partial charge in [0, 0.05) is 27.0 Å². The van der Waals surface area contributed by atoms with Crippen LogP contribution in [0.15, 0.2) is 36.4 Å². The van der Waals surface area contributed by atoms with Gasteiger partial charge in [-0.15, -0.1) is 0 Å². The van der Waals surface area contributed by atoms with Gasteiger partial charge >= 0.3 is 0 Å². The highest BCUT2D eigenvalue weighted by Gasteiger charge is 2.13. The molecule has 0 saturated carbocycles. The maximum atomic E-state index is 12.2. The summed E-state index contributed by atoms with van der Waals surface area (Å²) in [7, 11) is 0. The van der Waals surface area contributed by atoms with Gasteiger partial charge in [-0.2, -0.15) is 0 Å². The molecule has 0 heterocycles. The summed E-state index contributed by atoms with van der Waals surface area (Å²) in [5.74, 6) is -0.359. The van der Waals surface area contributed by atoms with Crippen molar-refractivity contribution in [1.29, 1.82) is 0 Å². The van der Waals surface area contributed by atoms with Gasteiger partial charge in [-0.05, 0) is 65.8 Å². The molecule has 0 unspecified atom stereocenters. The van der Waals surface area contributed by atoms with Crippen LogP contribution < -0.4 is 5.32 Å². The number of hydrogen-bond acceptors (Lipinski definition) is 3. The summed E-state index contributed by atoms with van der Waals surface area (Å²) >= 11 is 2.24. The van der Waals surface area contributed by atoms with E-state index in [-0.39, 0.29) is 17.2 Å². The second-order valence-corrected chi connectivity index (χ2v) is 5.84. The lowest BCUT2D eigenvalue weighted by molar-refractivity contribution is -0.384. The van der Waals surface area contributed by atoms with Gasteiger partial charge in [0.05, 0.1) is 4.92 Å². The molecule has 0 saturated heterocycles. The minimum atomic E-state index is -0.517. The smallest absolute Gasteiger partial charge is 0.270 e. The summed E-state index contributed by atoms with van der Waals surface area (Å²) in [6, 6.07) is 9.56. The van der Waals surface area contributed by atoms with Crippen LogP contribution in [0.25, 0.3) is 0 Å². The van der Waals surface area contributed by atoms with E-state index < -0.39 is 4.92 Å². The average molecular weight is 396 g/mol. The molecule has 0 spiro atoms. The lowest BCUT2D eigenvalue weighted by Gasteiger charge is -2.10. The number of nitro groups is 1. The van der Waals surface area contributed by atoms with Crippen LogP contribution in [0.3, 0.4) is 0 Å². The highest BCUT2D eigenvalue weighted by atomic mass is 127. The van der Waals surface area contributed by atoms with E-state index >= 15 is 0 Å². The molecule has 0 aromatic heterocycles. The minimum absolute atomic E-state index is 0.0989. The monoisotopic (exact) mass is 396 g/mol. The molecule has 108 valence electrons.